The standard InChI is InChI=1S/C21H23NO6S2/c1-21(2,3)12-11-15-9-10-16(13-18(15)28-4)17(23)14-29(24,25)19-7-5-6-8-20(19)30(22,26)27/h5-10,13H,14H2,1-4H3,(H2,22,26,27). The summed E-state index contributed by atoms with van der Waals surface area (Å²) in [4.78, 5) is 11.6. The quantitative estimate of drug-likeness (QED) is 0.534. The molecule has 0 bridgehead atoms. The summed E-state index contributed by atoms with van der Waals surface area (Å²) in [5.41, 5.74) is 0.431. The van der Waals surface area contributed by atoms with Crippen molar-refractivity contribution in [2.75, 3.05) is 12.9 Å². The minimum atomic E-state index is -4.28. The second-order valence-electron chi connectivity index (χ2n) is 7.59. The van der Waals surface area contributed by atoms with Crippen LogP contribution in [0.15, 0.2) is 52.3 Å². The van der Waals surface area contributed by atoms with Gasteiger partial charge in [-0.3, -0.25) is 4.79 Å². The van der Waals surface area contributed by atoms with Crippen molar-refractivity contribution in [3.05, 3.63) is 53.6 Å². The maximum absolute atomic E-state index is 12.7. The van der Waals surface area contributed by atoms with Crippen LogP contribution in [-0.4, -0.2) is 35.5 Å². The first-order valence-electron chi connectivity index (χ1n) is 8.83. The number of carbonyl (C=O) groups is 1. The van der Waals surface area contributed by atoms with Crippen molar-refractivity contribution in [2.45, 2.75) is 30.6 Å². The Morgan fingerprint density at radius 2 is 1.63 bits per heavy atom. The third-order valence-corrected chi connectivity index (χ3v) is 6.67. The largest absolute Gasteiger partial charge is 0.495 e. The van der Waals surface area contributed by atoms with Gasteiger partial charge >= 0.3 is 0 Å². The monoisotopic (exact) mass is 449 g/mol. The van der Waals surface area contributed by atoms with E-state index in [-0.39, 0.29) is 11.0 Å². The number of primary sulfonamides is 1. The van der Waals surface area contributed by atoms with Gasteiger partial charge in [-0.05, 0) is 51.1 Å². The lowest BCUT2D eigenvalue weighted by Crippen LogP contribution is -2.21. The van der Waals surface area contributed by atoms with Gasteiger partial charge in [0.1, 0.15) is 16.4 Å². The van der Waals surface area contributed by atoms with Crippen LogP contribution < -0.4 is 9.88 Å². The number of ether oxygens (including phenoxy) is 1. The van der Waals surface area contributed by atoms with Gasteiger partial charge < -0.3 is 4.74 Å². The van der Waals surface area contributed by atoms with Gasteiger partial charge in [0.05, 0.1) is 17.6 Å². The summed E-state index contributed by atoms with van der Waals surface area (Å²) < 4.78 is 54.1. The third-order valence-electron chi connectivity index (χ3n) is 3.91. The number of ketones is 1. The number of methoxy groups -OCH3 is 1. The number of rotatable bonds is 6. The van der Waals surface area contributed by atoms with Gasteiger partial charge in [-0.2, -0.15) is 0 Å². The lowest BCUT2D eigenvalue weighted by Gasteiger charge is -2.10. The summed E-state index contributed by atoms with van der Waals surface area (Å²) in [5, 5.41) is 5.10. The molecule has 30 heavy (non-hydrogen) atoms. The Labute approximate surface area is 177 Å². The minimum Gasteiger partial charge on any atom is -0.495 e. The van der Waals surface area contributed by atoms with Crippen molar-refractivity contribution < 1.29 is 26.4 Å². The SMILES string of the molecule is COc1cc(C(=O)CS(=O)(=O)c2ccccc2S(N)(=O)=O)ccc1C#CC(C)(C)C. The van der Waals surface area contributed by atoms with E-state index < -0.39 is 41.2 Å². The molecule has 0 radical (unpaired) electrons. The predicted octanol–water partition coefficient (Wildman–Crippen LogP) is 2.40. The Hall–Kier alpha value is -2.67. The molecule has 0 heterocycles. The van der Waals surface area contributed by atoms with E-state index in [9.17, 15) is 21.6 Å². The molecule has 0 spiro atoms. The van der Waals surface area contributed by atoms with Gasteiger partial charge in [-0.1, -0.05) is 24.0 Å². The summed E-state index contributed by atoms with van der Waals surface area (Å²) in [6, 6.07) is 9.34. The first-order valence-corrected chi connectivity index (χ1v) is 12.0. The number of sulfonamides is 1. The second-order valence-corrected chi connectivity index (χ2v) is 11.1. The van der Waals surface area contributed by atoms with E-state index in [1.165, 1.54) is 31.4 Å². The minimum absolute atomic E-state index is 0.102. The number of carbonyl (C=O) groups excluding carboxylic acids is 1. The Kier molecular flexibility index (Phi) is 6.76. The Balaban J connectivity index is 2.40. The van der Waals surface area contributed by atoms with Crippen molar-refractivity contribution in [1.29, 1.82) is 0 Å². The Morgan fingerprint density at radius 1 is 1.03 bits per heavy atom. The van der Waals surface area contributed by atoms with Crippen LogP contribution >= 0.6 is 0 Å². The molecule has 0 aliphatic heterocycles. The predicted molar refractivity (Wildman–Crippen MR) is 114 cm³/mol. The van der Waals surface area contributed by atoms with Gasteiger partial charge in [0.2, 0.25) is 10.0 Å². The van der Waals surface area contributed by atoms with Crippen LogP contribution in [0.25, 0.3) is 0 Å². The van der Waals surface area contributed by atoms with E-state index in [2.05, 4.69) is 11.8 Å². The van der Waals surface area contributed by atoms with Crippen LogP contribution in [0.5, 0.6) is 5.75 Å². The highest BCUT2D eigenvalue weighted by Crippen LogP contribution is 2.24. The maximum atomic E-state index is 12.7. The molecule has 0 fully saturated rings. The molecule has 0 aliphatic rings. The number of benzene rings is 2. The summed E-state index contributed by atoms with van der Waals surface area (Å²) in [7, 11) is -7.11. The maximum Gasteiger partial charge on any atom is 0.239 e. The van der Waals surface area contributed by atoms with Crippen molar-refractivity contribution in [2.24, 2.45) is 10.6 Å². The van der Waals surface area contributed by atoms with E-state index in [1.54, 1.807) is 6.07 Å². The van der Waals surface area contributed by atoms with E-state index in [0.717, 1.165) is 12.1 Å². The fourth-order valence-corrected chi connectivity index (χ4v) is 5.17. The fourth-order valence-electron chi connectivity index (χ4n) is 2.50. The second kappa shape index (κ2) is 8.60. The normalized spacial score (nSPS) is 12.0. The molecule has 9 heteroatoms. The van der Waals surface area contributed by atoms with Crippen LogP contribution in [0, 0.1) is 17.3 Å². The molecule has 160 valence electrons. The molecule has 0 atom stereocenters. The zero-order valence-electron chi connectivity index (χ0n) is 17.1. The highest BCUT2D eigenvalue weighted by atomic mass is 32.2. The van der Waals surface area contributed by atoms with Crippen molar-refractivity contribution in [3.8, 4) is 17.6 Å². The van der Waals surface area contributed by atoms with Crippen molar-refractivity contribution in [3.63, 3.8) is 0 Å². The number of hydrogen-bond acceptors (Lipinski definition) is 6. The van der Waals surface area contributed by atoms with Crippen LogP contribution in [0.1, 0.15) is 36.7 Å². The summed E-state index contributed by atoms with van der Waals surface area (Å²) in [5.74, 6) is 4.74. The lowest BCUT2D eigenvalue weighted by atomic mass is 9.97. The average molecular weight is 450 g/mol. The summed E-state index contributed by atoms with van der Waals surface area (Å²) >= 11 is 0. The highest BCUT2D eigenvalue weighted by Gasteiger charge is 2.27. The molecule has 2 aromatic rings. The average Bonchev–Trinajstić information content (AvgIpc) is 2.64. The molecule has 0 unspecified atom stereocenters. The number of Topliss-reactive ketones (excluding diaryl/α,β-unsaturated/α-hetero) is 1. The molecule has 7 nitrogen and oxygen atoms in total. The van der Waals surface area contributed by atoms with Crippen LogP contribution in [0.2, 0.25) is 0 Å². The Bertz CT molecular complexity index is 1240. The number of hydrogen-bond donors (Lipinski definition) is 1. The van der Waals surface area contributed by atoms with Crippen LogP contribution in [0.3, 0.4) is 0 Å². The van der Waals surface area contributed by atoms with Crippen LogP contribution in [0.4, 0.5) is 0 Å². The summed E-state index contributed by atoms with van der Waals surface area (Å²) in [6.45, 7) is 5.86. The molecular weight excluding hydrogens is 426 g/mol. The van der Waals surface area contributed by atoms with Crippen molar-refractivity contribution >= 4 is 25.6 Å². The van der Waals surface area contributed by atoms with Crippen LogP contribution in [-0.2, 0) is 19.9 Å². The van der Waals surface area contributed by atoms with E-state index >= 15 is 0 Å². The zero-order valence-corrected chi connectivity index (χ0v) is 18.7. The van der Waals surface area contributed by atoms with Gasteiger partial charge in [0.25, 0.3) is 0 Å². The first-order chi connectivity index (χ1) is 13.7. The molecule has 0 saturated heterocycles. The van der Waals surface area contributed by atoms with Crippen molar-refractivity contribution in [1.82, 2.24) is 0 Å². The number of sulfone groups is 1. The first kappa shape index (κ1) is 23.6. The van der Waals surface area contributed by atoms with Gasteiger partial charge in [0.15, 0.2) is 15.6 Å². The van der Waals surface area contributed by atoms with Gasteiger partial charge in [0, 0.05) is 11.0 Å². The lowest BCUT2D eigenvalue weighted by molar-refractivity contribution is 0.102. The number of nitrogens with two attached hydrogens (primary N) is 1. The highest BCUT2D eigenvalue weighted by molar-refractivity contribution is 7.94. The molecule has 0 aromatic heterocycles. The fraction of sp³-hybridized carbons (Fsp3) is 0.286. The summed E-state index contributed by atoms with van der Waals surface area (Å²) in [6.07, 6.45) is 0. The molecule has 0 aliphatic carbocycles. The Morgan fingerprint density at radius 3 is 2.17 bits per heavy atom. The van der Waals surface area contributed by atoms with E-state index in [1.807, 2.05) is 20.8 Å². The van der Waals surface area contributed by atoms with E-state index in [0.29, 0.717) is 11.3 Å². The molecule has 2 N–H and O–H groups in total. The molecule has 0 amide bonds. The molecule has 2 aromatic carbocycles. The third kappa shape index (κ3) is 5.92. The van der Waals surface area contributed by atoms with E-state index in [4.69, 9.17) is 9.88 Å². The topological polar surface area (TPSA) is 121 Å². The molecular formula is C21H23NO6S2. The van der Waals surface area contributed by atoms with Gasteiger partial charge in [-0.25, -0.2) is 22.0 Å². The zero-order chi connectivity index (χ0) is 22.7. The van der Waals surface area contributed by atoms with Gasteiger partial charge in [-0.15, -0.1) is 0 Å². The smallest absolute Gasteiger partial charge is 0.239 e. The molecule has 0 saturated carbocycles. The molecule has 2 rings (SSSR count).